The molecule has 4 rings (SSSR count). The molecule has 2 aromatic carbocycles. The van der Waals surface area contributed by atoms with Gasteiger partial charge in [0.25, 0.3) is 10.0 Å². The minimum atomic E-state index is -4.09. The predicted octanol–water partition coefficient (Wildman–Crippen LogP) is 3.84. The fourth-order valence-corrected chi connectivity index (χ4v) is 8.68. The highest BCUT2D eigenvalue weighted by Gasteiger charge is 2.55. The number of esters is 1. The van der Waals surface area contributed by atoms with Crippen LogP contribution in [0.3, 0.4) is 0 Å². The van der Waals surface area contributed by atoms with Gasteiger partial charge in [0.1, 0.15) is 9.84 Å². The summed E-state index contributed by atoms with van der Waals surface area (Å²) in [4.78, 5) is 12.0. The molecule has 0 saturated carbocycles. The van der Waals surface area contributed by atoms with Crippen molar-refractivity contribution in [2.75, 3.05) is 22.9 Å². The van der Waals surface area contributed by atoms with Crippen molar-refractivity contribution >= 4 is 47.4 Å². The van der Waals surface area contributed by atoms with E-state index in [1.54, 1.807) is 18.2 Å². The molecule has 1 saturated heterocycles. The summed E-state index contributed by atoms with van der Waals surface area (Å²) in [5.41, 5.74) is 0.803. The third-order valence-electron chi connectivity index (χ3n) is 6.57. The van der Waals surface area contributed by atoms with Crippen molar-refractivity contribution in [2.45, 2.75) is 35.6 Å². The number of benzene rings is 2. The Morgan fingerprint density at radius 3 is 2.58 bits per heavy atom. The molecule has 1 unspecified atom stereocenters. The zero-order chi connectivity index (χ0) is 24.0. The number of methoxy groups -OCH3 is 1. The highest BCUT2D eigenvalue weighted by atomic mass is 79.9. The lowest BCUT2D eigenvalue weighted by molar-refractivity contribution is 0.0600. The van der Waals surface area contributed by atoms with E-state index < -0.39 is 37.3 Å². The van der Waals surface area contributed by atoms with E-state index in [4.69, 9.17) is 4.74 Å². The second-order valence-corrected chi connectivity index (χ2v) is 13.4. The monoisotopic (exact) mass is 553 g/mol. The van der Waals surface area contributed by atoms with Crippen molar-refractivity contribution in [3.63, 3.8) is 0 Å². The largest absolute Gasteiger partial charge is 0.465 e. The molecule has 1 atom stereocenters. The number of rotatable bonds is 5. The molecular formula is C23H24BrNO6S2. The van der Waals surface area contributed by atoms with Crippen LogP contribution in [0.2, 0.25) is 0 Å². The van der Waals surface area contributed by atoms with E-state index in [1.807, 2.05) is 6.07 Å². The smallest absolute Gasteiger partial charge is 0.337 e. The van der Waals surface area contributed by atoms with Gasteiger partial charge >= 0.3 is 5.97 Å². The molecule has 10 heteroatoms. The molecule has 1 spiro atoms. The molecule has 33 heavy (non-hydrogen) atoms. The van der Waals surface area contributed by atoms with Crippen LogP contribution in [-0.4, -0.2) is 47.5 Å². The minimum absolute atomic E-state index is 0.00168. The van der Waals surface area contributed by atoms with Crippen molar-refractivity contribution in [3.05, 3.63) is 70.7 Å². The Labute approximate surface area is 202 Å². The van der Waals surface area contributed by atoms with Crippen LogP contribution in [0.1, 0.15) is 35.2 Å². The molecule has 2 aliphatic heterocycles. The maximum atomic E-state index is 14.0. The molecule has 0 bridgehead atoms. The normalized spacial score (nSPS) is 20.9. The predicted molar refractivity (Wildman–Crippen MR) is 130 cm³/mol. The highest BCUT2D eigenvalue weighted by molar-refractivity contribution is 9.10. The van der Waals surface area contributed by atoms with Crippen LogP contribution >= 0.6 is 15.9 Å². The Hall–Kier alpha value is -2.17. The van der Waals surface area contributed by atoms with Gasteiger partial charge in [0.2, 0.25) is 0 Å². The second kappa shape index (κ2) is 8.56. The molecule has 0 aromatic heterocycles. The summed E-state index contributed by atoms with van der Waals surface area (Å²) in [5, 5.41) is 0. The summed E-state index contributed by atoms with van der Waals surface area (Å²) in [6.45, 7) is 3.84. The average molecular weight is 554 g/mol. The van der Waals surface area contributed by atoms with Crippen LogP contribution in [0.15, 0.2) is 64.5 Å². The molecule has 2 aromatic rings. The van der Waals surface area contributed by atoms with E-state index >= 15 is 0 Å². The van der Waals surface area contributed by atoms with Crippen LogP contribution in [0.4, 0.5) is 5.69 Å². The summed E-state index contributed by atoms with van der Waals surface area (Å²) in [5.74, 6) is -0.634. The van der Waals surface area contributed by atoms with Crippen LogP contribution < -0.4 is 4.31 Å². The van der Waals surface area contributed by atoms with Crippen molar-refractivity contribution in [1.29, 1.82) is 0 Å². The fraction of sp³-hybridized carbons (Fsp3) is 0.348. The lowest BCUT2D eigenvalue weighted by atomic mass is 9.71. The van der Waals surface area contributed by atoms with Gasteiger partial charge in [-0.1, -0.05) is 28.1 Å². The Bertz CT molecular complexity index is 1320. The Balaban J connectivity index is 1.91. The Morgan fingerprint density at radius 1 is 1.24 bits per heavy atom. The van der Waals surface area contributed by atoms with E-state index in [0.717, 1.165) is 10.0 Å². The van der Waals surface area contributed by atoms with E-state index in [9.17, 15) is 21.6 Å². The zero-order valence-electron chi connectivity index (χ0n) is 18.0. The number of carbonyl (C=O) groups is 1. The number of halogens is 1. The van der Waals surface area contributed by atoms with Gasteiger partial charge < -0.3 is 4.74 Å². The first-order valence-corrected chi connectivity index (χ1v) is 14.5. The van der Waals surface area contributed by atoms with Gasteiger partial charge in [-0.2, -0.15) is 0 Å². The summed E-state index contributed by atoms with van der Waals surface area (Å²) in [7, 11) is -6.03. The Morgan fingerprint density at radius 2 is 1.94 bits per heavy atom. The van der Waals surface area contributed by atoms with Crippen LogP contribution in [0.25, 0.3) is 0 Å². The van der Waals surface area contributed by atoms with Gasteiger partial charge in [-0.05, 0) is 61.2 Å². The third-order valence-corrected chi connectivity index (χ3v) is 10.5. The number of carbonyl (C=O) groups excluding carboxylic acids is 1. The van der Waals surface area contributed by atoms with E-state index in [0.29, 0.717) is 24.9 Å². The van der Waals surface area contributed by atoms with Gasteiger partial charge in [0.05, 0.1) is 40.8 Å². The lowest BCUT2D eigenvalue weighted by Crippen LogP contribution is -2.50. The summed E-state index contributed by atoms with van der Waals surface area (Å²) < 4.78 is 59.4. The summed E-state index contributed by atoms with van der Waals surface area (Å²) in [6.07, 6.45) is 2.67. The topological polar surface area (TPSA) is 97.8 Å². The SMILES string of the molecule is C=CCC1N(S(=O)(=O)c2cccc(C(=O)OC)c2)c2ccc(Br)cc2C12CCS(=O)(=O)CC2. The number of sulfonamides is 1. The fourth-order valence-electron chi connectivity index (χ4n) is 4.97. The molecular weight excluding hydrogens is 530 g/mol. The number of hydrogen-bond donors (Lipinski definition) is 0. The van der Waals surface area contributed by atoms with Crippen molar-refractivity contribution < 1.29 is 26.4 Å². The second-order valence-electron chi connectivity index (χ2n) is 8.33. The number of fused-ring (bicyclic) bond motifs is 2. The first kappa shape index (κ1) is 24.0. The van der Waals surface area contributed by atoms with Gasteiger partial charge in [-0.25, -0.2) is 21.6 Å². The first-order valence-electron chi connectivity index (χ1n) is 10.4. The lowest BCUT2D eigenvalue weighted by Gasteiger charge is -2.41. The maximum Gasteiger partial charge on any atom is 0.337 e. The molecule has 0 amide bonds. The summed E-state index contributed by atoms with van der Waals surface area (Å²) >= 11 is 3.49. The van der Waals surface area contributed by atoms with E-state index in [2.05, 4.69) is 22.5 Å². The number of ether oxygens (including phenoxy) is 1. The number of sulfone groups is 1. The van der Waals surface area contributed by atoms with E-state index in [-0.39, 0.29) is 22.0 Å². The highest BCUT2D eigenvalue weighted by Crippen LogP contribution is 2.55. The van der Waals surface area contributed by atoms with Gasteiger partial charge in [0.15, 0.2) is 0 Å². The third kappa shape index (κ3) is 4.02. The molecule has 0 aliphatic carbocycles. The van der Waals surface area contributed by atoms with Gasteiger partial charge in [0, 0.05) is 9.89 Å². The number of hydrogen-bond acceptors (Lipinski definition) is 6. The minimum Gasteiger partial charge on any atom is -0.465 e. The number of anilines is 1. The molecule has 0 radical (unpaired) electrons. The Kier molecular flexibility index (Phi) is 6.22. The molecule has 2 aliphatic rings. The molecule has 176 valence electrons. The molecule has 0 N–H and O–H groups in total. The quantitative estimate of drug-likeness (QED) is 0.412. The van der Waals surface area contributed by atoms with Gasteiger partial charge in [-0.3, -0.25) is 4.31 Å². The van der Waals surface area contributed by atoms with Crippen molar-refractivity contribution in [3.8, 4) is 0 Å². The summed E-state index contributed by atoms with van der Waals surface area (Å²) in [6, 6.07) is 10.6. The molecule has 1 fully saturated rings. The molecule has 2 heterocycles. The van der Waals surface area contributed by atoms with E-state index in [1.165, 1.54) is 35.7 Å². The number of nitrogens with zero attached hydrogens (tertiary/aromatic N) is 1. The van der Waals surface area contributed by atoms with Crippen LogP contribution in [0, 0.1) is 0 Å². The average Bonchev–Trinajstić information content (AvgIpc) is 3.05. The van der Waals surface area contributed by atoms with Crippen molar-refractivity contribution in [2.24, 2.45) is 0 Å². The molecule has 7 nitrogen and oxygen atoms in total. The first-order chi connectivity index (χ1) is 15.6. The van der Waals surface area contributed by atoms with Gasteiger partial charge in [-0.15, -0.1) is 6.58 Å². The van der Waals surface area contributed by atoms with Crippen molar-refractivity contribution in [1.82, 2.24) is 0 Å². The standard InChI is InChI=1S/C23H24BrNO6S2/c1-3-5-21-23(10-12-32(27,28)13-11-23)19-15-17(24)8-9-20(19)25(21)33(29,30)18-7-4-6-16(14-18)22(26)31-2/h3-4,6-9,14-15,21H,1,5,10-13H2,2H3. The maximum absolute atomic E-state index is 14.0. The van der Waals surface area contributed by atoms with Crippen LogP contribution in [-0.2, 0) is 30.0 Å². The zero-order valence-corrected chi connectivity index (χ0v) is 21.2. The van der Waals surface area contributed by atoms with Crippen LogP contribution in [0.5, 0.6) is 0 Å².